The van der Waals surface area contributed by atoms with Gasteiger partial charge in [0, 0.05) is 4.88 Å². The van der Waals surface area contributed by atoms with Gasteiger partial charge in [-0.15, -0.1) is 11.3 Å². The molecule has 3 rings (SSSR count). The molecule has 0 bridgehead atoms. The average Bonchev–Trinajstić information content (AvgIpc) is 3.24. The van der Waals surface area contributed by atoms with Crippen LogP contribution in [-0.2, 0) is 6.54 Å². The average molecular weight is 329 g/mol. The summed E-state index contributed by atoms with van der Waals surface area (Å²) in [4.78, 5) is 25.4. The van der Waals surface area contributed by atoms with Gasteiger partial charge in [-0.25, -0.2) is 4.39 Å². The molecule has 0 spiro atoms. The monoisotopic (exact) mass is 329 g/mol. The second kappa shape index (κ2) is 6.58. The molecule has 23 heavy (non-hydrogen) atoms. The predicted octanol–water partition coefficient (Wildman–Crippen LogP) is 3.64. The van der Waals surface area contributed by atoms with Crippen LogP contribution in [0.1, 0.15) is 30.7 Å². The summed E-state index contributed by atoms with van der Waals surface area (Å²) in [7, 11) is 0. The molecular weight excluding hydrogens is 317 g/mol. The van der Waals surface area contributed by atoms with Crippen LogP contribution in [0.4, 0.5) is 4.39 Å². The summed E-state index contributed by atoms with van der Waals surface area (Å²) in [6.07, 6.45) is 1.44. The first kappa shape index (κ1) is 15.2. The van der Waals surface area contributed by atoms with E-state index >= 15 is 0 Å². The molecule has 1 aromatic carbocycles. The zero-order valence-corrected chi connectivity index (χ0v) is 12.7. The molecular formula is C17H12FNO3S. The van der Waals surface area contributed by atoms with Gasteiger partial charge >= 0.3 is 0 Å². The van der Waals surface area contributed by atoms with Crippen molar-refractivity contribution in [1.29, 1.82) is 0 Å². The first-order chi connectivity index (χ1) is 11.1. The first-order valence-corrected chi connectivity index (χ1v) is 7.66. The normalized spacial score (nSPS) is 10.5. The largest absolute Gasteiger partial charge is 0.461 e. The van der Waals surface area contributed by atoms with Crippen molar-refractivity contribution < 1.29 is 18.4 Å². The summed E-state index contributed by atoms with van der Waals surface area (Å²) in [6, 6.07) is 12.5. The molecule has 2 aromatic heterocycles. The molecule has 3 aromatic rings. The summed E-state index contributed by atoms with van der Waals surface area (Å²) in [6.45, 7) is 0.225. The third-order valence-corrected chi connectivity index (χ3v) is 4.26. The van der Waals surface area contributed by atoms with Crippen LogP contribution in [0.2, 0.25) is 0 Å². The molecule has 0 fully saturated rings. The Morgan fingerprint density at radius 1 is 1.09 bits per heavy atom. The van der Waals surface area contributed by atoms with Crippen LogP contribution in [0.25, 0.3) is 0 Å². The fourth-order valence-electron chi connectivity index (χ4n) is 2.03. The Labute approximate surface area is 135 Å². The molecule has 116 valence electrons. The number of carbonyl (C=O) groups is 2. The van der Waals surface area contributed by atoms with E-state index in [1.807, 2.05) is 0 Å². The lowest BCUT2D eigenvalue weighted by atomic mass is 10.2. The van der Waals surface area contributed by atoms with Gasteiger partial charge in [-0.3, -0.25) is 9.59 Å². The molecule has 1 amide bonds. The number of furan rings is 1. The lowest BCUT2D eigenvalue weighted by Crippen LogP contribution is -2.23. The predicted molar refractivity (Wildman–Crippen MR) is 84.0 cm³/mol. The van der Waals surface area contributed by atoms with Crippen LogP contribution in [0.5, 0.6) is 0 Å². The topological polar surface area (TPSA) is 59.3 Å². The molecule has 6 heteroatoms. The van der Waals surface area contributed by atoms with Gasteiger partial charge in [0.25, 0.3) is 5.91 Å². The fraction of sp³-hybridized carbons (Fsp3) is 0.0588. The Balaban J connectivity index is 1.65. The molecule has 0 aliphatic rings. The number of hydrogen-bond acceptors (Lipinski definition) is 4. The summed E-state index contributed by atoms with van der Waals surface area (Å²) in [5, 5.41) is 2.64. The Kier molecular flexibility index (Phi) is 4.34. The van der Waals surface area contributed by atoms with E-state index in [1.165, 1.54) is 35.8 Å². The van der Waals surface area contributed by atoms with Gasteiger partial charge in [-0.05, 0) is 36.4 Å². The van der Waals surface area contributed by atoms with Crippen LogP contribution in [0.3, 0.4) is 0 Å². The Morgan fingerprint density at radius 3 is 2.65 bits per heavy atom. The van der Waals surface area contributed by atoms with Gasteiger partial charge in [-0.1, -0.05) is 12.1 Å². The van der Waals surface area contributed by atoms with Gasteiger partial charge in [0.05, 0.1) is 23.2 Å². The highest BCUT2D eigenvalue weighted by Gasteiger charge is 2.15. The molecule has 0 radical (unpaired) electrons. The van der Waals surface area contributed by atoms with E-state index in [1.54, 1.807) is 30.3 Å². The Morgan fingerprint density at radius 2 is 1.91 bits per heavy atom. The second-order valence-corrected chi connectivity index (χ2v) is 5.90. The molecule has 0 unspecified atom stereocenters. The van der Waals surface area contributed by atoms with E-state index in [0.717, 1.165) is 4.88 Å². The lowest BCUT2D eigenvalue weighted by Gasteiger charge is -2.04. The molecule has 0 aliphatic carbocycles. The number of carbonyl (C=O) groups excluding carboxylic acids is 2. The van der Waals surface area contributed by atoms with Crippen molar-refractivity contribution in [3.05, 3.63) is 81.7 Å². The molecule has 0 aliphatic heterocycles. The zero-order chi connectivity index (χ0) is 16.2. The van der Waals surface area contributed by atoms with Crippen LogP contribution in [-0.4, -0.2) is 11.7 Å². The number of thiophene rings is 1. The van der Waals surface area contributed by atoms with Crippen molar-refractivity contribution in [2.75, 3.05) is 0 Å². The van der Waals surface area contributed by atoms with Crippen LogP contribution < -0.4 is 5.32 Å². The van der Waals surface area contributed by atoms with Crippen LogP contribution in [0, 0.1) is 5.82 Å². The van der Waals surface area contributed by atoms with Gasteiger partial charge in [-0.2, -0.15) is 0 Å². The van der Waals surface area contributed by atoms with Gasteiger partial charge < -0.3 is 9.73 Å². The first-order valence-electron chi connectivity index (χ1n) is 6.85. The minimum absolute atomic E-state index is 0.00376. The van der Waals surface area contributed by atoms with Crippen molar-refractivity contribution in [1.82, 2.24) is 5.32 Å². The number of hydrogen-bond donors (Lipinski definition) is 1. The standard InChI is InChI=1S/C17H12FNO3S/c18-13-5-2-1-4-12(13)17(21)19-10-11-7-8-15(23-11)16(20)14-6-3-9-22-14/h1-9H,10H2,(H,19,21). The highest BCUT2D eigenvalue weighted by molar-refractivity contribution is 7.14. The van der Waals surface area contributed by atoms with Crippen molar-refractivity contribution >= 4 is 23.0 Å². The number of nitrogens with one attached hydrogen (secondary N) is 1. The lowest BCUT2D eigenvalue weighted by molar-refractivity contribution is 0.0946. The Hall–Kier alpha value is -2.73. The highest BCUT2D eigenvalue weighted by Crippen LogP contribution is 2.20. The van der Waals surface area contributed by atoms with E-state index in [0.29, 0.717) is 4.88 Å². The summed E-state index contributed by atoms with van der Waals surface area (Å²) in [5.41, 5.74) is -0.00376. The zero-order valence-electron chi connectivity index (χ0n) is 11.9. The quantitative estimate of drug-likeness (QED) is 0.727. The van der Waals surface area contributed by atoms with E-state index < -0.39 is 11.7 Å². The van der Waals surface area contributed by atoms with Crippen molar-refractivity contribution in [2.45, 2.75) is 6.54 Å². The van der Waals surface area contributed by atoms with Gasteiger partial charge in [0.2, 0.25) is 5.78 Å². The summed E-state index contributed by atoms with van der Waals surface area (Å²) >= 11 is 1.26. The molecule has 0 saturated carbocycles. The third kappa shape index (κ3) is 3.37. The molecule has 2 heterocycles. The number of halogens is 1. The van der Waals surface area contributed by atoms with E-state index in [4.69, 9.17) is 4.42 Å². The summed E-state index contributed by atoms with van der Waals surface area (Å²) in [5.74, 6) is -0.985. The van der Waals surface area contributed by atoms with Crippen LogP contribution >= 0.6 is 11.3 Å². The smallest absolute Gasteiger partial charge is 0.254 e. The fourth-order valence-corrected chi connectivity index (χ4v) is 2.92. The SMILES string of the molecule is O=C(c1ccco1)c1ccc(CNC(=O)c2ccccc2F)s1. The van der Waals surface area contributed by atoms with Crippen molar-refractivity contribution in [3.8, 4) is 0 Å². The third-order valence-electron chi connectivity index (χ3n) is 3.17. The Bertz CT molecular complexity index is 839. The summed E-state index contributed by atoms with van der Waals surface area (Å²) < 4.78 is 18.6. The molecule has 0 saturated heterocycles. The minimum Gasteiger partial charge on any atom is -0.461 e. The van der Waals surface area contributed by atoms with E-state index in [9.17, 15) is 14.0 Å². The van der Waals surface area contributed by atoms with E-state index in [-0.39, 0.29) is 23.7 Å². The van der Waals surface area contributed by atoms with Crippen molar-refractivity contribution in [2.24, 2.45) is 0 Å². The molecule has 1 N–H and O–H groups in total. The number of ketones is 1. The molecule has 4 nitrogen and oxygen atoms in total. The van der Waals surface area contributed by atoms with Gasteiger partial charge in [0.1, 0.15) is 5.82 Å². The van der Waals surface area contributed by atoms with Crippen LogP contribution in [0.15, 0.2) is 59.2 Å². The maximum Gasteiger partial charge on any atom is 0.254 e. The second-order valence-electron chi connectivity index (χ2n) is 4.73. The van der Waals surface area contributed by atoms with E-state index in [2.05, 4.69) is 5.32 Å². The minimum atomic E-state index is -0.565. The molecule has 0 atom stereocenters. The number of rotatable bonds is 5. The number of benzene rings is 1. The maximum atomic E-state index is 13.5. The van der Waals surface area contributed by atoms with Crippen molar-refractivity contribution in [3.63, 3.8) is 0 Å². The number of amides is 1. The maximum absolute atomic E-state index is 13.5. The van der Waals surface area contributed by atoms with Gasteiger partial charge in [0.15, 0.2) is 5.76 Å². The highest BCUT2D eigenvalue weighted by atomic mass is 32.1.